The number of nitrogens with one attached hydrogen (secondary N) is 2. The van der Waals surface area contributed by atoms with Crippen molar-refractivity contribution in [1.82, 2.24) is 10.6 Å². The van der Waals surface area contributed by atoms with Crippen LogP contribution in [0, 0.1) is 12.8 Å². The number of hydrogen-bond acceptors (Lipinski definition) is 3. The van der Waals surface area contributed by atoms with E-state index >= 15 is 0 Å². The zero-order valence-corrected chi connectivity index (χ0v) is 19.4. The molecule has 1 heterocycles. The van der Waals surface area contributed by atoms with Gasteiger partial charge < -0.3 is 15.5 Å². The van der Waals surface area contributed by atoms with Gasteiger partial charge in [0.25, 0.3) is 5.91 Å². The maximum atomic E-state index is 12.4. The Balaban J connectivity index is 1.21. The van der Waals surface area contributed by atoms with Crippen LogP contribution >= 0.6 is 11.6 Å². The molecule has 0 unspecified atom stereocenters. The largest absolute Gasteiger partial charge is 0.371 e. The molecule has 3 aromatic carbocycles. The number of carbonyl (C=O) groups excluding carboxylic acids is 2. The molecule has 3 aromatic rings. The molecule has 0 radical (unpaired) electrons. The van der Waals surface area contributed by atoms with Crippen molar-refractivity contribution in [2.24, 2.45) is 5.92 Å². The molecule has 2 N–H and O–H groups in total. The molecular weight excluding hydrogens is 434 g/mol. The highest BCUT2D eigenvalue weighted by Gasteiger charge is 2.24. The third-order valence-corrected chi connectivity index (χ3v) is 6.28. The summed E-state index contributed by atoms with van der Waals surface area (Å²) in [6, 6.07) is 23.3. The molecule has 2 amide bonds. The molecule has 1 atom stereocenters. The smallest absolute Gasteiger partial charge is 0.251 e. The van der Waals surface area contributed by atoms with Gasteiger partial charge in [-0.3, -0.25) is 9.59 Å². The predicted molar refractivity (Wildman–Crippen MR) is 134 cm³/mol. The number of rotatable bonds is 7. The van der Waals surface area contributed by atoms with E-state index < -0.39 is 0 Å². The van der Waals surface area contributed by atoms with Crippen LogP contribution in [0.4, 0.5) is 5.69 Å². The van der Waals surface area contributed by atoms with Crippen LogP contribution in [0.3, 0.4) is 0 Å². The van der Waals surface area contributed by atoms with Crippen molar-refractivity contribution in [3.63, 3.8) is 0 Å². The van der Waals surface area contributed by atoms with Gasteiger partial charge in [0.1, 0.15) is 0 Å². The van der Waals surface area contributed by atoms with Crippen LogP contribution in [-0.4, -0.2) is 38.0 Å². The normalized spacial score (nSPS) is 15.3. The average Bonchev–Trinajstić information content (AvgIpc) is 3.32. The monoisotopic (exact) mass is 461 g/mol. The van der Waals surface area contributed by atoms with Gasteiger partial charge in [0, 0.05) is 35.9 Å². The number of carbonyl (C=O) groups is 2. The highest BCUT2D eigenvalue weighted by Crippen LogP contribution is 2.29. The van der Waals surface area contributed by atoms with Crippen LogP contribution < -0.4 is 15.5 Å². The molecule has 33 heavy (non-hydrogen) atoms. The Kier molecular flexibility index (Phi) is 7.30. The van der Waals surface area contributed by atoms with E-state index in [4.69, 9.17) is 11.6 Å². The topological polar surface area (TPSA) is 61.4 Å². The van der Waals surface area contributed by atoms with E-state index in [0.717, 1.165) is 41.3 Å². The molecule has 1 aliphatic rings. The summed E-state index contributed by atoms with van der Waals surface area (Å²) in [5.41, 5.74) is 5.03. The zero-order chi connectivity index (χ0) is 23.2. The Labute approximate surface area is 199 Å². The zero-order valence-electron chi connectivity index (χ0n) is 18.7. The lowest BCUT2D eigenvalue weighted by Crippen LogP contribution is -2.39. The van der Waals surface area contributed by atoms with Gasteiger partial charge in [-0.25, -0.2) is 0 Å². The lowest BCUT2D eigenvalue weighted by molar-refractivity contribution is -0.120. The first-order chi connectivity index (χ1) is 16.0. The first kappa shape index (κ1) is 22.9. The molecule has 6 heteroatoms. The summed E-state index contributed by atoms with van der Waals surface area (Å²) in [5, 5.41) is 6.39. The lowest BCUT2D eigenvalue weighted by atomic mass is 10.0. The first-order valence-corrected chi connectivity index (χ1v) is 11.6. The average molecular weight is 462 g/mol. The van der Waals surface area contributed by atoms with E-state index in [2.05, 4.69) is 22.5 Å². The van der Waals surface area contributed by atoms with Gasteiger partial charge in [-0.2, -0.15) is 0 Å². The second kappa shape index (κ2) is 10.5. The number of halogens is 1. The van der Waals surface area contributed by atoms with Gasteiger partial charge in [-0.1, -0.05) is 60.1 Å². The first-order valence-electron chi connectivity index (χ1n) is 11.2. The fraction of sp³-hybridized carbons (Fsp3) is 0.259. The number of amides is 2. The van der Waals surface area contributed by atoms with E-state index in [1.807, 2.05) is 60.7 Å². The molecule has 1 fully saturated rings. The molecule has 1 saturated heterocycles. The van der Waals surface area contributed by atoms with E-state index in [1.165, 1.54) is 5.56 Å². The second-order valence-electron chi connectivity index (χ2n) is 8.46. The molecule has 1 aliphatic heterocycles. The lowest BCUT2D eigenvalue weighted by Gasteiger charge is -2.21. The molecule has 0 aromatic heterocycles. The number of anilines is 1. The number of hydrogen-bond donors (Lipinski definition) is 2. The molecule has 0 spiro atoms. The van der Waals surface area contributed by atoms with Crippen LogP contribution in [-0.2, 0) is 4.79 Å². The van der Waals surface area contributed by atoms with Gasteiger partial charge in [0.15, 0.2) is 0 Å². The Morgan fingerprint density at radius 1 is 0.970 bits per heavy atom. The van der Waals surface area contributed by atoms with E-state index in [-0.39, 0.29) is 18.4 Å². The van der Waals surface area contributed by atoms with Crippen LogP contribution in [0.1, 0.15) is 22.3 Å². The standard InChI is InChI=1S/C27H28ClN3O2/c1-19-7-12-24(28)15-25(19)31-14-13-20(18-31)16-29-26(32)17-30-27(33)23-10-8-22(9-11-23)21-5-3-2-4-6-21/h2-12,15,20H,13-14,16-18H2,1H3,(H,29,32)(H,30,33)/t20-/m0/s1. The van der Waals surface area contributed by atoms with Crippen molar-refractivity contribution in [2.45, 2.75) is 13.3 Å². The summed E-state index contributed by atoms with van der Waals surface area (Å²) in [6.45, 7) is 4.46. The molecule has 0 bridgehead atoms. The molecule has 0 saturated carbocycles. The Morgan fingerprint density at radius 3 is 2.45 bits per heavy atom. The fourth-order valence-electron chi connectivity index (χ4n) is 4.17. The predicted octanol–water partition coefficient (Wildman–Crippen LogP) is 4.69. The quantitative estimate of drug-likeness (QED) is 0.536. The van der Waals surface area contributed by atoms with Crippen molar-refractivity contribution < 1.29 is 9.59 Å². The second-order valence-corrected chi connectivity index (χ2v) is 8.90. The van der Waals surface area contributed by atoms with Crippen molar-refractivity contribution in [2.75, 3.05) is 31.1 Å². The highest BCUT2D eigenvalue weighted by molar-refractivity contribution is 6.30. The summed E-state index contributed by atoms with van der Waals surface area (Å²) in [4.78, 5) is 27.0. The molecule has 5 nitrogen and oxygen atoms in total. The third-order valence-electron chi connectivity index (χ3n) is 6.05. The van der Waals surface area contributed by atoms with Gasteiger partial charge >= 0.3 is 0 Å². The van der Waals surface area contributed by atoms with E-state index in [1.54, 1.807) is 12.1 Å². The van der Waals surface area contributed by atoms with Gasteiger partial charge in [0.2, 0.25) is 5.91 Å². The van der Waals surface area contributed by atoms with Gasteiger partial charge in [-0.15, -0.1) is 0 Å². The van der Waals surface area contributed by atoms with Gasteiger partial charge in [-0.05, 0) is 60.2 Å². The maximum absolute atomic E-state index is 12.4. The Hall–Kier alpha value is -3.31. The van der Waals surface area contributed by atoms with Crippen LogP contribution in [0.25, 0.3) is 11.1 Å². The van der Waals surface area contributed by atoms with Crippen LogP contribution in [0.2, 0.25) is 5.02 Å². The van der Waals surface area contributed by atoms with E-state index in [9.17, 15) is 9.59 Å². The maximum Gasteiger partial charge on any atom is 0.251 e. The van der Waals surface area contributed by atoms with Crippen molar-refractivity contribution in [1.29, 1.82) is 0 Å². The summed E-state index contributed by atoms with van der Waals surface area (Å²) in [5.74, 6) is -0.0663. The molecule has 0 aliphatic carbocycles. The molecule has 170 valence electrons. The fourth-order valence-corrected chi connectivity index (χ4v) is 4.34. The van der Waals surface area contributed by atoms with Gasteiger partial charge in [0.05, 0.1) is 6.54 Å². The number of aryl methyl sites for hydroxylation is 1. The van der Waals surface area contributed by atoms with Crippen LogP contribution in [0.5, 0.6) is 0 Å². The SMILES string of the molecule is Cc1ccc(Cl)cc1N1CC[C@@H](CNC(=O)CNC(=O)c2ccc(-c3ccccc3)cc2)C1. The van der Waals surface area contributed by atoms with E-state index in [0.29, 0.717) is 18.0 Å². The molecule has 4 rings (SSSR count). The third kappa shape index (κ3) is 5.93. The Morgan fingerprint density at radius 2 is 1.70 bits per heavy atom. The summed E-state index contributed by atoms with van der Waals surface area (Å²) in [7, 11) is 0. The minimum atomic E-state index is -0.256. The Bertz CT molecular complexity index is 1120. The van der Waals surface area contributed by atoms with Crippen molar-refractivity contribution in [3.8, 4) is 11.1 Å². The number of nitrogens with zero attached hydrogens (tertiary/aromatic N) is 1. The number of benzene rings is 3. The minimum absolute atomic E-state index is 0.0386. The highest BCUT2D eigenvalue weighted by atomic mass is 35.5. The van der Waals surface area contributed by atoms with Crippen LogP contribution in [0.15, 0.2) is 72.8 Å². The van der Waals surface area contributed by atoms with Crippen molar-refractivity contribution in [3.05, 3.63) is 88.9 Å². The minimum Gasteiger partial charge on any atom is -0.371 e. The summed E-state index contributed by atoms with van der Waals surface area (Å²) in [6.07, 6.45) is 1.01. The van der Waals surface area contributed by atoms with Crippen molar-refractivity contribution >= 4 is 29.1 Å². The molecular formula is C27H28ClN3O2. The summed E-state index contributed by atoms with van der Waals surface area (Å²) >= 11 is 6.16. The summed E-state index contributed by atoms with van der Waals surface area (Å²) < 4.78 is 0.